The highest BCUT2D eigenvalue weighted by Crippen LogP contribution is 2.40. The van der Waals surface area contributed by atoms with Gasteiger partial charge in [0.25, 0.3) is 0 Å². The molecule has 2 aliphatic rings. The van der Waals surface area contributed by atoms with Crippen molar-refractivity contribution in [1.29, 1.82) is 0 Å². The van der Waals surface area contributed by atoms with Crippen molar-refractivity contribution in [3.63, 3.8) is 0 Å². The van der Waals surface area contributed by atoms with Crippen molar-refractivity contribution in [1.82, 2.24) is 0 Å². The maximum absolute atomic E-state index is 14.7. The molecule has 1 fully saturated rings. The molecule has 0 saturated heterocycles. The van der Waals surface area contributed by atoms with Crippen molar-refractivity contribution in [2.45, 2.75) is 44.9 Å². The van der Waals surface area contributed by atoms with E-state index in [0.29, 0.717) is 35.0 Å². The fourth-order valence-corrected chi connectivity index (χ4v) is 4.12. The molecule has 2 nitrogen and oxygen atoms in total. The molecular formula is C26H31F3O2. The van der Waals surface area contributed by atoms with Crippen LogP contribution in [0.25, 0.3) is 0 Å². The molecule has 1 aromatic rings. The Morgan fingerprint density at radius 3 is 2.42 bits per heavy atom. The topological polar surface area (TPSA) is 18.5 Å². The molecule has 0 spiro atoms. The van der Waals surface area contributed by atoms with Crippen LogP contribution in [0.3, 0.4) is 0 Å². The van der Waals surface area contributed by atoms with Gasteiger partial charge in [0, 0.05) is 12.0 Å². The van der Waals surface area contributed by atoms with Gasteiger partial charge < -0.3 is 9.47 Å². The van der Waals surface area contributed by atoms with Crippen LogP contribution in [0, 0.1) is 23.5 Å². The monoisotopic (exact) mass is 432 g/mol. The summed E-state index contributed by atoms with van der Waals surface area (Å²) in [7, 11) is 1.26. The Kier molecular flexibility index (Phi) is 8.78. The second-order valence-corrected chi connectivity index (χ2v) is 7.86. The SMILES string of the molecule is C=C.C=CC1CCC(CCc2cc3c(c(F)c2F)O/C(=C(\F)C(=C)OC)C(=C)C3)CC1. The second-order valence-electron chi connectivity index (χ2n) is 7.86. The van der Waals surface area contributed by atoms with E-state index in [1.807, 2.05) is 6.08 Å². The molecule has 1 aliphatic carbocycles. The van der Waals surface area contributed by atoms with Crippen LogP contribution in [0.2, 0.25) is 0 Å². The lowest BCUT2D eigenvalue weighted by molar-refractivity contribution is 0.272. The Morgan fingerprint density at radius 2 is 1.84 bits per heavy atom. The summed E-state index contributed by atoms with van der Waals surface area (Å²) in [5.41, 5.74) is 1.13. The Balaban J connectivity index is 0.00000166. The number of hydrogen-bond acceptors (Lipinski definition) is 2. The van der Waals surface area contributed by atoms with E-state index >= 15 is 0 Å². The highest BCUT2D eigenvalue weighted by Gasteiger charge is 2.29. The van der Waals surface area contributed by atoms with Gasteiger partial charge in [-0.3, -0.25) is 0 Å². The third kappa shape index (κ3) is 5.52. The average molecular weight is 433 g/mol. The first kappa shape index (κ1) is 24.6. The summed E-state index contributed by atoms with van der Waals surface area (Å²) in [5, 5.41) is 0. The van der Waals surface area contributed by atoms with Crippen molar-refractivity contribution < 1.29 is 22.6 Å². The zero-order chi connectivity index (χ0) is 23.1. The van der Waals surface area contributed by atoms with Gasteiger partial charge in [-0.2, -0.15) is 8.78 Å². The normalized spacial score (nSPS) is 21.7. The first-order valence-electron chi connectivity index (χ1n) is 10.5. The fourth-order valence-electron chi connectivity index (χ4n) is 4.12. The van der Waals surface area contributed by atoms with Crippen molar-refractivity contribution in [3.8, 4) is 5.75 Å². The molecule has 0 amide bonds. The van der Waals surface area contributed by atoms with Crippen molar-refractivity contribution in [2.75, 3.05) is 7.11 Å². The van der Waals surface area contributed by atoms with Gasteiger partial charge in [-0.15, -0.1) is 19.7 Å². The molecule has 0 atom stereocenters. The number of allylic oxidation sites excluding steroid dienone is 3. The summed E-state index contributed by atoms with van der Waals surface area (Å²) in [6.07, 6.45) is 7.84. The van der Waals surface area contributed by atoms with Crippen LogP contribution in [-0.2, 0) is 17.6 Å². The molecule has 3 rings (SSSR count). The molecule has 168 valence electrons. The third-order valence-corrected chi connectivity index (χ3v) is 5.98. The van der Waals surface area contributed by atoms with Crippen LogP contribution in [-0.4, -0.2) is 7.11 Å². The first-order chi connectivity index (χ1) is 14.8. The molecule has 0 unspecified atom stereocenters. The average Bonchev–Trinajstić information content (AvgIpc) is 2.80. The summed E-state index contributed by atoms with van der Waals surface area (Å²) in [4.78, 5) is 0. The minimum absolute atomic E-state index is 0.170. The van der Waals surface area contributed by atoms with Gasteiger partial charge in [-0.05, 0) is 67.6 Å². The molecule has 0 radical (unpaired) electrons. The highest BCUT2D eigenvalue weighted by molar-refractivity contribution is 5.51. The lowest BCUT2D eigenvalue weighted by Gasteiger charge is -2.27. The molecule has 1 aliphatic heterocycles. The summed E-state index contributed by atoms with van der Waals surface area (Å²) in [6.45, 7) is 17.1. The first-order valence-corrected chi connectivity index (χ1v) is 10.5. The molecular weight excluding hydrogens is 401 g/mol. The van der Waals surface area contributed by atoms with E-state index in [4.69, 9.17) is 9.47 Å². The van der Waals surface area contributed by atoms with E-state index in [2.05, 4.69) is 32.9 Å². The Labute approximate surface area is 183 Å². The van der Waals surface area contributed by atoms with E-state index < -0.39 is 17.5 Å². The van der Waals surface area contributed by atoms with Gasteiger partial charge in [0.15, 0.2) is 23.1 Å². The Morgan fingerprint density at radius 1 is 1.19 bits per heavy atom. The number of rotatable bonds is 6. The molecule has 1 aromatic carbocycles. The zero-order valence-corrected chi connectivity index (χ0v) is 18.2. The molecule has 31 heavy (non-hydrogen) atoms. The number of benzene rings is 1. The zero-order valence-electron chi connectivity index (χ0n) is 18.2. The minimum atomic E-state index is -1.09. The quantitative estimate of drug-likeness (QED) is 0.342. The van der Waals surface area contributed by atoms with E-state index in [1.54, 1.807) is 6.07 Å². The predicted octanol–water partition coefficient (Wildman–Crippen LogP) is 7.52. The smallest absolute Gasteiger partial charge is 0.207 e. The maximum Gasteiger partial charge on any atom is 0.207 e. The van der Waals surface area contributed by atoms with Crippen LogP contribution in [0.4, 0.5) is 13.2 Å². The molecule has 0 aromatic heterocycles. The van der Waals surface area contributed by atoms with Crippen LogP contribution in [0.1, 0.15) is 43.2 Å². The number of fused-ring (bicyclic) bond motifs is 1. The number of ether oxygens (including phenoxy) is 2. The fraction of sp³-hybridized carbons (Fsp3) is 0.385. The third-order valence-electron chi connectivity index (χ3n) is 5.98. The van der Waals surface area contributed by atoms with Crippen LogP contribution in [0.5, 0.6) is 5.75 Å². The molecule has 1 heterocycles. The van der Waals surface area contributed by atoms with Gasteiger partial charge in [-0.1, -0.05) is 19.2 Å². The van der Waals surface area contributed by atoms with Gasteiger partial charge in [0.1, 0.15) is 0 Å². The highest BCUT2D eigenvalue weighted by atomic mass is 19.2. The van der Waals surface area contributed by atoms with Crippen LogP contribution < -0.4 is 4.74 Å². The lowest BCUT2D eigenvalue weighted by atomic mass is 9.79. The Hall–Kier alpha value is -2.69. The van der Waals surface area contributed by atoms with E-state index in [9.17, 15) is 13.2 Å². The summed E-state index contributed by atoms with van der Waals surface area (Å²) in [5.74, 6) is -2.62. The largest absolute Gasteiger partial charge is 0.494 e. The standard InChI is InChI=1S/C24H27F3O2.C2H4/c1-5-16-6-8-17(9-7-16)10-11-18-13-19-12-14(2)23(20(25)15(3)28-4)29-24(19)22(27)21(18)26;1-2/h5,13,16-17H,1-3,6-12H2,4H3;1-2H2/b23-20-;. The summed E-state index contributed by atoms with van der Waals surface area (Å²) < 4.78 is 53.9. The maximum atomic E-state index is 14.7. The number of hydrogen-bond donors (Lipinski definition) is 0. The molecule has 0 bridgehead atoms. The van der Waals surface area contributed by atoms with E-state index in [-0.39, 0.29) is 23.7 Å². The molecule has 5 heteroatoms. The Bertz CT molecular complexity index is 877. The van der Waals surface area contributed by atoms with Crippen molar-refractivity contribution >= 4 is 0 Å². The van der Waals surface area contributed by atoms with Crippen LogP contribution >= 0.6 is 0 Å². The molecule has 0 N–H and O–H groups in total. The van der Waals surface area contributed by atoms with E-state index in [1.165, 1.54) is 7.11 Å². The van der Waals surface area contributed by atoms with Crippen molar-refractivity contribution in [2.24, 2.45) is 11.8 Å². The van der Waals surface area contributed by atoms with Crippen LogP contribution in [0.15, 0.2) is 68.0 Å². The second kappa shape index (κ2) is 11.1. The van der Waals surface area contributed by atoms with Crippen molar-refractivity contribution in [3.05, 3.63) is 90.7 Å². The number of methoxy groups -OCH3 is 1. The van der Waals surface area contributed by atoms with Gasteiger partial charge >= 0.3 is 0 Å². The minimum Gasteiger partial charge on any atom is -0.494 e. The van der Waals surface area contributed by atoms with Gasteiger partial charge in [-0.25, -0.2) is 4.39 Å². The van der Waals surface area contributed by atoms with Gasteiger partial charge in [0.05, 0.1) is 7.11 Å². The summed E-state index contributed by atoms with van der Waals surface area (Å²) >= 11 is 0. The summed E-state index contributed by atoms with van der Waals surface area (Å²) in [6, 6.07) is 1.62. The predicted molar refractivity (Wildman–Crippen MR) is 119 cm³/mol. The van der Waals surface area contributed by atoms with E-state index in [0.717, 1.165) is 32.1 Å². The number of aryl methyl sites for hydroxylation is 1. The van der Waals surface area contributed by atoms with Gasteiger partial charge in [0.2, 0.25) is 11.6 Å². The number of halogens is 3. The lowest BCUT2D eigenvalue weighted by Crippen LogP contribution is -2.16. The molecule has 1 saturated carbocycles.